The highest BCUT2D eigenvalue weighted by atomic mass is 16.1. The Labute approximate surface area is 97.8 Å². The SMILES string of the molecule is CC(=O)C12CCC(C(=O)C(C)C)(CC1)CC2. The first-order valence-electron chi connectivity index (χ1n) is 6.47. The fourth-order valence-electron chi connectivity index (χ4n) is 3.70. The maximum atomic E-state index is 12.3. The lowest BCUT2D eigenvalue weighted by Gasteiger charge is -2.52. The number of hydrogen-bond acceptors (Lipinski definition) is 2. The van der Waals surface area contributed by atoms with E-state index in [1.54, 1.807) is 6.92 Å². The van der Waals surface area contributed by atoms with Crippen LogP contribution < -0.4 is 0 Å². The molecule has 0 saturated heterocycles. The van der Waals surface area contributed by atoms with E-state index in [-0.39, 0.29) is 16.7 Å². The summed E-state index contributed by atoms with van der Waals surface area (Å²) in [5.41, 5.74) is -0.121. The van der Waals surface area contributed by atoms with Crippen LogP contribution in [-0.4, -0.2) is 11.6 Å². The number of rotatable bonds is 3. The number of hydrogen-bond donors (Lipinski definition) is 0. The molecule has 0 heterocycles. The summed E-state index contributed by atoms with van der Waals surface area (Å²) < 4.78 is 0. The second kappa shape index (κ2) is 3.68. The van der Waals surface area contributed by atoms with Gasteiger partial charge >= 0.3 is 0 Å². The van der Waals surface area contributed by atoms with E-state index in [9.17, 15) is 9.59 Å². The zero-order chi connectivity index (χ0) is 12.0. The van der Waals surface area contributed by atoms with Crippen LogP contribution in [0.25, 0.3) is 0 Å². The zero-order valence-corrected chi connectivity index (χ0v) is 10.6. The van der Waals surface area contributed by atoms with Crippen molar-refractivity contribution in [1.82, 2.24) is 0 Å². The van der Waals surface area contributed by atoms with Crippen LogP contribution in [0.2, 0.25) is 0 Å². The summed E-state index contributed by atoms with van der Waals surface area (Å²) in [7, 11) is 0. The summed E-state index contributed by atoms with van der Waals surface area (Å²) >= 11 is 0. The van der Waals surface area contributed by atoms with Gasteiger partial charge in [-0.2, -0.15) is 0 Å². The second-order valence-electron chi connectivity index (χ2n) is 6.14. The lowest BCUT2D eigenvalue weighted by Crippen LogP contribution is -2.49. The summed E-state index contributed by atoms with van der Waals surface area (Å²) in [5.74, 6) is 0.921. The quantitative estimate of drug-likeness (QED) is 0.735. The van der Waals surface area contributed by atoms with Crippen LogP contribution in [-0.2, 0) is 9.59 Å². The Morgan fingerprint density at radius 1 is 0.875 bits per heavy atom. The van der Waals surface area contributed by atoms with Crippen molar-refractivity contribution in [1.29, 1.82) is 0 Å². The van der Waals surface area contributed by atoms with E-state index in [1.807, 2.05) is 13.8 Å². The fraction of sp³-hybridized carbons (Fsp3) is 0.857. The number of ketones is 2. The normalized spacial score (nSPS) is 37.8. The second-order valence-corrected chi connectivity index (χ2v) is 6.14. The van der Waals surface area contributed by atoms with E-state index in [4.69, 9.17) is 0 Å². The molecule has 90 valence electrons. The molecule has 0 aliphatic heterocycles. The largest absolute Gasteiger partial charge is 0.299 e. The monoisotopic (exact) mass is 222 g/mol. The summed E-state index contributed by atoms with van der Waals surface area (Å²) in [6.07, 6.45) is 5.68. The smallest absolute Gasteiger partial charge is 0.141 e. The summed E-state index contributed by atoms with van der Waals surface area (Å²) in [6, 6.07) is 0. The Bertz CT molecular complexity index is 303. The standard InChI is InChI=1S/C14H22O2/c1-10(2)12(16)14-7-4-13(5-8-14,6-9-14)11(3)15/h10H,4-9H2,1-3H3. The molecule has 0 aromatic heterocycles. The molecule has 3 rings (SSSR count). The average molecular weight is 222 g/mol. The lowest BCUT2D eigenvalue weighted by molar-refractivity contribution is -0.148. The van der Waals surface area contributed by atoms with Crippen LogP contribution in [0, 0.1) is 16.7 Å². The molecule has 0 atom stereocenters. The molecule has 2 nitrogen and oxygen atoms in total. The van der Waals surface area contributed by atoms with Crippen molar-refractivity contribution in [3.05, 3.63) is 0 Å². The van der Waals surface area contributed by atoms with Crippen molar-refractivity contribution in [3.8, 4) is 0 Å². The topological polar surface area (TPSA) is 34.1 Å². The first-order valence-corrected chi connectivity index (χ1v) is 6.47. The molecule has 3 aliphatic rings. The first kappa shape index (κ1) is 11.8. The zero-order valence-electron chi connectivity index (χ0n) is 10.6. The first-order chi connectivity index (χ1) is 7.42. The van der Waals surface area contributed by atoms with E-state index in [2.05, 4.69) is 0 Å². The van der Waals surface area contributed by atoms with Gasteiger partial charge in [0.1, 0.15) is 11.6 Å². The van der Waals surface area contributed by atoms with Gasteiger partial charge in [0.2, 0.25) is 0 Å². The predicted molar refractivity (Wildman–Crippen MR) is 63.1 cm³/mol. The van der Waals surface area contributed by atoms with Crippen LogP contribution in [0.5, 0.6) is 0 Å². The van der Waals surface area contributed by atoms with Gasteiger partial charge in [0.05, 0.1) is 0 Å². The molecule has 0 amide bonds. The van der Waals surface area contributed by atoms with Crippen LogP contribution in [0.1, 0.15) is 59.3 Å². The maximum Gasteiger partial charge on any atom is 0.141 e. The molecule has 0 aromatic carbocycles. The molecule has 0 N–H and O–H groups in total. The molecule has 3 fully saturated rings. The maximum absolute atomic E-state index is 12.3. The molecule has 0 spiro atoms. The van der Waals surface area contributed by atoms with Crippen LogP contribution in [0.3, 0.4) is 0 Å². The number of carbonyl (C=O) groups is 2. The third-order valence-corrected chi connectivity index (χ3v) is 5.04. The molecule has 3 saturated carbocycles. The van der Waals surface area contributed by atoms with Crippen molar-refractivity contribution >= 4 is 11.6 Å². The van der Waals surface area contributed by atoms with Crippen LogP contribution in [0.15, 0.2) is 0 Å². The Morgan fingerprint density at radius 3 is 1.56 bits per heavy atom. The van der Waals surface area contributed by atoms with E-state index >= 15 is 0 Å². The average Bonchev–Trinajstić information content (AvgIpc) is 2.30. The molecule has 2 bridgehead atoms. The molecule has 16 heavy (non-hydrogen) atoms. The predicted octanol–water partition coefficient (Wildman–Crippen LogP) is 3.14. The molecule has 0 radical (unpaired) electrons. The van der Waals surface area contributed by atoms with E-state index in [0.29, 0.717) is 11.6 Å². The van der Waals surface area contributed by atoms with Gasteiger partial charge in [0.25, 0.3) is 0 Å². The molecular formula is C14H22O2. The van der Waals surface area contributed by atoms with Crippen molar-refractivity contribution in [2.75, 3.05) is 0 Å². The molecule has 0 aromatic rings. The number of carbonyl (C=O) groups excluding carboxylic acids is 2. The van der Waals surface area contributed by atoms with Gasteiger partial charge in [0, 0.05) is 16.7 Å². The Hall–Kier alpha value is -0.660. The molecule has 3 aliphatic carbocycles. The van der Waals surface area contributed by atoms with Gasteiger partial charge in [-0.3, -0.25) is 9.59 Å². The lowest BCUT2D eigenvalue weighted by atomic mass is 9.50. The third kappa shape index (κ3) is 1.54. The van der Waals surface area contributed by atoms with Gasteiger partial charge in [-0.25, -0.2) is 0 Å². The van der Waals surface area contributed by atoms with Crippen molar-refractivity contribution < 1.29 is 9.59 Å². The minimum Gasteiger partial charge on any atom is -0.299 e. The van der Waals surface area contributed by atoms with Crippen molar-refractivity contribution in [2.45, 2.75) is 59.3 Å². The van der Waals surface area contributed by atoms with Gasteiger partial charge in [0.15, 0.2) is 0 Å². The van der Waals surface area contributed by atoms with Crippen molar-refractivity contribution in [3.63, 3.8) is 0 Å². The number of Topliss-reactive ketones (excluding diaryl/α,β-unsaturated/α-hetero) is 2. The third-order valence-electron chi connectivity index (χ3n) is 5.04. The summed E-state index contributed by atoms with van der Waals surface area (Å²) in [5, 5.41) is 0. The minimum absolute atomic E-state index is 0.0565. The summed E-state index contributed by atoms with van der Waals surface area (Å²) in [4.78, 5) is 24.0. The highest BCUT2D eigenvalue weighted by Crippen LogP contribution is 2.58. The van der Waals surface area contributed by atoms with Crippen LogP contribution in [0.4, 0.5) is 0 Å². The van der Waals surface area contributed by atoms with Gasteiger partial charge in [-0.15, -0.1) is 0 Å². The van der Waals surface area contributed by atoms with E-state index < -0.39 is 0 Å². The highest BCUT2D eigenvalue weighted by Gasteiger charge is 2.54. The van der Waals surface area contributed by atoms with Crippen LogP contribution >= 0.6 is 0 Å². The highest BCUT2D eigenvalue weighted by molar-refractivity contribution is 5.89. The van der Waals surface area contributed by atoms with Gasteiger partial charge < -0.3 is 0 Å². The molecular weight excluding hydrogens is 200 g/mol. The van der Waals surface area contributed by atoms with Gasteiger partial charge in [-0.05, 0) is 45.4 Å². The Balaban J connectivity index is 2.17. The van der Waals surface area contributed by atoms with E-state index in [1.165, 1.54) is 0 Å². The van der Waals surface area contributed by atoms with Crippen molar-refractivity contribution in [2.24, 2.45) is 16.7 Å². The minimum atomic E-state index is -0.0641. The Kier molecular flexibility index (Phi) is 2.72. The summed E-state index contributed by atoms with van der Waals surface area (Å²) in [6.45, 7) is 5.72. The Morgan fingerprint density at radius 2 is 1.25 bits per heavy atom. The fourth-order valence-corrected chi connectivity index (χ4v) is 3.70. The molecule has 0 unspecified atom stereocenters. The van der Waals surface area contributed by atoms with Gasteiger partial charge in [-0.1, -0.05) is 13.8 Å². The molecule has 2 heteroatoms. The number of fused-ring (bicyclic) bond motifs is 3. The van der Waals surface area contributed by atoms with E-state index in [0.717, 1.165) is 38.5 Å².